The quantitative estimate of drug-likeness (QED) is 0.446. The molecule has 0 bridgehead atoms. The van der Waals surface area contributed by atoms with E-state index in [4.69, 9.17) is 10.5 Å². The first kappa shape index (κ1) is 21.8. The largest absolute Gasteiger partial charge is 0.399 e. The van der Waals surface area contributed by atoms with Gasteiger partial charge in [-0.05, 0) is 43.9 Å². The topological polar surface area (TPSA) is 104 Å². The standard InChI is InChI=1S/C26H29N7O2/c27-21-4-1-3-18(11-21)24-16-28-25-12-19(14-30-33(24)25)20-15-29-32(17-20)22-6-8-31(9-7-22)26(34)13-23-5-2-10-35-23/h1,3-4,11-12,14-17,22-23H,2,5-10,13,27H2. The summed E-state index contributed by atoms with van der Waals surface area (Å²) in [6.45, 7) is 2.31. The highest BCUT2D eigenvalue weighted by atomic mass is 16.5. The molecule has 1 unspecified atom stereocenters. The van der Waals surface area contributed by atoms with Crippen molar-refractivity contribution in [3.63, 3.8) is 0 Å². The van der Waals surface area contributed by atoms with E-state index in [9.17, 15) is 4.79 Å². The highest BCUT2D eigenvalue weighted by Crippen LogP contribution is 2.28. The van der Waals surface area contributed by atoms with Crippen molar-refractivity contribution in [1.82, 2.24) is 29.3 Å². The molecule has 3 aromatic heterocycles. The van der Waals surface area contributed by atoms with Crippen LogP contribution >= 0.6 is 0 Å². The summed E-state index contributed by atoms with van der Waals surface area (Å²) in [5, 5.41) is 9.27. The lowest BCUT2D eigenvalue weighted by atomic mass is 10.0. The van der Waals surface area contributed by atoms with E-state index in [0.717, 1.165) is 73.4 Å². The van der Waals surface area contributed by atoms with E-state index in [1.165, 1.54) is 0 Å². The molecule has 1 amide bonds. The molecule has 0 saturated carbocycles. The van der Waals surface area contributed by atoms with Crippen LogP contribution in [0.25, 0.3) is 28.0 Å². The second-order valence-corrected chi connectivity index (χ2v) is 9.44. The Kier molecular flexibility index (Phi) is 5.69. The zero-order chi connectivity index (χ0) is 23.8. The highest BCUT2D eigenvalue weighted by Gasteiger charge is 2.27. The molecule has 1 aromatic carbocycles. The number of amides is 1. The molecule has 5 heterocycles. The number of piperidine rings is 1. The predicted octanol–water partition coefficient (Wildman–Crippen LogP) is 3.57. The number of rotatable bonds is 5. The monoisotopic (exact) mass is 471 g/mol. The van der Waals surface area contributed by atoms with Crippen molar-refractivity contribution < 1.29 is 9.53 Å². The van der Waals surface area contributed by atoms with Crippen molar-refractivity contribution in [2.45, 2.75) is 44.2 Å². The molecule has 9 nitrogen and oxygen atoms in total. The Morgan fingerprint density at radius 3 is 2.69 bits per heavy atom. The molecule has 35 heavy (non-hydrogen) atoms. The van der Waals surface area contributed by atoms with Crippen molar-refractivity contribution in [3.05, 3.63) is 55.1 Å². The normalized spacial score (nSPS) is 19.0. The zero-order valence-corrected chi connectivity index (χ0v) is 19.6. The molecule has 180 valence electrons. The summed E-state index contributed by atoms with van der Waals surface area (Å²) in [5.41, 5.74) is 11.3. The number of carbonyl (C=O) groups excluding carboxylic acids is 1. The third-order valence-electron chi connectivity index (χ3n) is 7.10. The number of fused-ring (bicyclic) bond motifs is 1. The lowest BCUT2D eigenvalue weighted by Crippen LogP contribution is -2.40. The van der Waals surface area contributed by atoms with E-state index in [1.807, 2.05) is 63.0 Å². The van der Waals surface area contributed by atoms with E-state index >= 15 is 0 Å². The molecule has 4 aromatic rings. The molecule has 2 aliphatic rings. The number of aromatic nitrogens is 5. The molecule has 2 fully saturated rings. The molecule has 2 saturated heterocycles. The van der Waals surface area contributed by atoms with Gasteiger partial charge in [0.2, 0.25) is 5.91 Å². The fourth-order valence-corrected chi connectivity index (χ4v) is 5.12. The Morgan fingerprint density at radius 2 is 1.89 bits per heavy atom. The van der Waals surface area contributed by atoms with Gasteiger partial charge in [0, 0.05) is 48.3 Å². The van der Waals surface area contributed by atoms with Gasteiger partial charge in [-0.3, -0.25) is 9.48 Å². The van der Waals surface area contributed by atoms with E-state index in [-0.39, 0.29) is 18.1 Å². The molecule has 6 rings (SSSR count). The van der Waals surface area contributed by atoms with Crippen LogP contribution in [-0.2, 0) is 9.53 Å². The fraction of sp³-hybridized carbons (Fsp3) is 0.385. The summed E-state index contributed by atoms with van der Waals surface area (Å²) < 4.78 is 9.49. The van der Waals surface area contributed by atoms with Crippen molar-refractivity contribution in [2.75, 3.05) is 25.4 Å². The number of likely N-dealkylation sites (tertiary alicyclic amines) is 1. The van der Waals surface area contributed by atoms with Gasteiger partial charge >= 0.3 is 0 Å². The van der Waals surface area contributed by atoms with Crippen LogP contribution in [0.5, 0.6) is 0 Å². The minimum Gasteiger partial charge on any atom is -0.399 e. The van der Waals surface area contributed by atoms with Gasteiger partial charge in [0.15, 0.2) is 5.65 Å². The molecule has 1 atom stereocenters. The summed E-state index contributed by atoms with van der Waals surface area (Å²) >= 11 is 0. The van der Waals surface area contributed by atoms with Crippen molar-refractivity contribution in [1.29, 1.82) is 0 Å². The highest BCUT2D eigenvalue weighted by molar-refractivity contribution is 5.77. The van der Waals surface area contributed by atoms with Crippen LogP contribution in [0.15, 0.2) is 55.1 Å². The minimum atomic E-state index is 0.108. The summed E-state index contributed by atoms with van der Waals surface area (Å²) in [4.78, 5) is 19.1. The Labute approximate surface area is 203 Å². The number of nitrogen functional groups attached to an aromatic ring is 1. The molecule has 2 N–H and O–H groups in total. The number of hydrogen-bond acceptors (Lipinski definition) is 6. The Bertz CT molecular complexity index is 1350. The van der Waals surface area contributed by atoms with Crippen LogP contribution in [0.4, 0.5) is 5.69 Å². The third kappa shape index (κ3) is 4.39. The Hall–Kier alpha value is -3.72. The predicted molar refractivity (Wildman–Crippen MR) is 132 cm³/mol. The third-order valence-corrected chi connectivity index (χ3v) is 7.10. The van der Waals surface area contributed by atoms with Gasteiger partial charge in [-0.1, -0.05) is 12.1 Å². The van der Waals surface area contributed by atoms with Gasteiger partial charge in [-0.2, -0.15) is 10.2 Å². The molecule has 9 heteroatoms. The maximum Gasteiger partial charge on any atom is 0.225 e. The van der Waals surface area contributed by atoms with Gasteiger partial charge in [0.25, 0.3) is 0 Å². The van der Waals surface area contributed by atoms with E-state index < -0.39 is 0 Å². The summed E-state index contributed by atoms with van der Waals surface area (Å²) in [6, 6.07) is 10.0. The SMILES string of the molecule is Nc1cccc(-c2cnc3cc(-c4cnn(C5CCN(C(=O)CC6CCCO6)CC5)c4)cnn23)c1. The molecule has 2 aliphatic heterocycles. The lowest BCUT2D eigenvalue weighted by molar-refractivity contribution is -0.134. The van der Waals surface area contributed by atoms with Gasteiger partial charge in [-0.25, -0.2) is 9.50 Å². The van der Waals surface area contributed by atoms with Crippen molar-refractivity contribution in [2.24, 2.45) is 0 Å². The van der Waals surface area contributed by atoms with E-state index in [2.05, 4.69) is 21.4 Å². The van der Waals surface area contributed by atoms with Gasteiger partial charge in [0.05, 0.1) is 42.9 Å². The number of nitrogens with two attached hydrogens (primary N) is 1. The number of anilines is 1. The Morgan fingerprint density at radius 1 is 1.03 bits per heavy atom. The average Bonchev–Trinajstić information content (AvgIpc) is 3.64. The van der Waals surface area contributed by atoms with E-state index in [1.54, 1.807) is 0 Å². The number of ether oxygens (including phenoxy) is 1. The van der Waals surface area contributed by atoms with Crippen molar-refractivity contribution >= 4 is 17.2 Å². The van der Waals surface area contributed by atoms with Crippen LogP contribution in [-0.4, -0.2) is 61.0 Å². The molecule has 0 aliphatic carbocycles. The summed E-state index contributed by atoms with van der Waals surface area (Å²) in [5.74, 6) is 0.216. The van der Waals surface area contributed by atoms with Crippen LogP contribution in [0.1, 0.15) is 38.1 Å². The van der Waals surface area contributed by atoms with Crippen LogP contribution in [0.2, 0.25) is 0 Å². The van der Waals surface area contributed by atoms with Gasteiger partial charge in [-0.15, -0.1) is 0 Å². The van der Waals surface area contributed by atoms with Crippen LogP contribution in [0.3, 0.4) is 0 Å². The molecular weight excluding hydrogens is 442 g/mol. The minimum absolute atomic E-state index is 0.108. The first-order valence-corrected chi connectivity index (χ1v) is 12.3. The smallest absolute Gasteiger partial charge is 0.225 e. The second kappa shape index (κ2) is 9.14. The van der Waals surface area contributed by atoms with Crippen molar-refractivity contribution in [3.8, 4) is 22.4 Å². The Balaban J connectivity index is 1.13. The zero-order valence-electron chi connectivity index (χ0n) is 19.6. The maximum atomic E-state index is 12.6. The molecule has 0 radical (unpaired) electrons. The molecule has 0 spiro atoms. The lowest BCUT2D eigenvalue weighted by Gasteiger charge is -2.32. The van der Waals surface area contributed by atoms with Crippen LogP contribution < -0.4 is 5.73 Å². The first-order chi connectivity index (χ1) is 17.1. The number of benzene rings is 1. The summed E-state index contributed by atoms with van der Waals surface area (Å²) in [6.07, 6.45) is 12.1. The fourth-order valence-electron chi connectivity index (χ4n) is 5.12. The summed E-state index contributed by atoms with van der Waals surface area (Å²) in [7, 11) is 0. The maximum absolute atomic E-state index is 12.6. The average molecular weight is 472 g/mol. The second-order valence-electron chi connectivity index (χ2n) is 9.44. The molecular formula is C26H29N7O2. The first-order valence-electron chi connectivity index (χ1n) is 12.3. The number of imidazole rings is 1. The van der Waals surface area contributed by atoms with Gasteiger partial charge in [0.1, 0.15) is 0 Å². The number of carbonyl (C=O) groups is 1. The van der Waals surface area contributed by atoms with E-state index in [0.29, 0.717) is 12.1 Å². The number of nitrogens with zero attached hydrogens (tertiary/aromatic N) is 6. The van der Waals surface area contributed by atoms with Crippen LogP contribution in [0, 0.1) is 0 Å². The number of hydrogen-bond donors (Lipinski definition) is 1. The van der Waals surface area contributed by atoms with Gasteiger partial charge < -0.3 is 15.4 Å².